The van der Waals surface area contributed by atoms with E-state index in [9.17, 15) is 9.50 Å². The highest BCUT2D eigenvalue weighted by molar-refractivity contribution is 6.30. The van der Waals surface area contributed by atoms with Gasteiger partial charge >= 0.3 is 0 Å². The average Bonchev–Trinajstić information content (AvgIpc) is 3.10. The Morgan fingerprint density at radius 3 is 2.76 bits per heavy atom. The van der Waals surface area contributed by atoms with E-state index in [1.807, 2.05) is 12.1 Å². The Balaban J connectivity index is 1.62. The Hall–Kier alpha value is -2.86. The van der Waals surface area contributed by atoms with Crippen LogP contribution in [0.4, 0.5) is 4.39 Å². The van der Waals surface area contributed by atoms with Crippen molar-refractivity contribution in [2.24, 2.45) is 0 Å². The number of amidine groups is 1. The Labute approximate surface area is 147 Å². The van der Waals surface area contributed by atoms with E-state index in [4.69, 9.17) is 17.0 Å². The van der Waals surface area contributed by atoms with Gasteiger partial charge in [-0.15, -0.1) is 0 Å². The van der Waals surface area contributed by atoms with E-state index in [0.29, 0.717) is 34.0 Å². The molecule has 0 saturated heterocycles. The van der Waals surface area contributed by atoms with Crippen molar-refractivity contribution in [3.63, 3.8) is 0 Å². The van der Waals surface area contributed by atoms with Gasteiger partial charge in [0.1, 0.15) is 23.2 Å². The number of hydrogen-bond donors (Lipinski definition) is 3. The fraction of sp³-hybridized carbons (Fsp3) is 0.111. The summed E-state index contributed by atoms with van der Waals surface area (Å²) in [6, 6.07) is 11.6. The quantitative estimate of drug-likeness (QED) is 0.660. The van der Waals surface area contributed by atoms with Gasteiger partial charge in [0.2, 0.25) is 0 Å². The Morgan fingerprint density at radius 1 is 1.24 bits per heavy atom. The first kappa shape index (κ1) is 15.7. The van der Waals surface area contributed by atoms with Gasteiger partial charge in [0.25, 0.3) is 0 Å². The molecule has 3 N–H and O–H groups in total. The van der Waals surface area contributed by atoms with Gasteiger partial charge in [-0.25, -0.2) is 9.37 Å². The number of aromatic nitrogens is 2. The fourth-order valence-corrected chi connectivity index (χ4v) is 3.05. The number of rotatable bonds is 3. The second-order valence-corrected chi connectivity index (χ2v) is 6.34. The molecule has 126 valence electrons. The molecule has 1 aromatic heterocycles. The molecule has 3 aromatic rings. The van der Waals surface area contributed by atoms with Crippen LogP contribution in [0.2, 0.25) is 5.02 Å². The third kappa shape index (κ3) is 2.85. The van der Waals surface area contributed by atoms with Gasteiger partial charge in [0.15, 0.2) is 0 Å². The molecule has 0 bridgehead atoms. The third-order valence-corrected chi connectivity index (χ3v) is 4.40. The van der Waals surface area contributed by atoms with Crippen molar-refractivity contribution >= 4 is 34.0 Å². The molecule has 1 aliphatic rings. The fourth-order valence-electron chi connectivity index (χ4n) is 2.93. The first-order valence-electron chi connectivity index (χ1n) is 7.67. The van der Waals surface area contributed by atoms with E-state index in [-0.39, 0.29) is 24.0 Å². The van der Waals surface area contributed by atoms with Crippen molar-refractivity contribution in [2.75, 3.05) is 6.54 Å². The number of nitrogens with one attached hydrogen (secondary N) is 2. The van der Waals surface area contributed by atoms with Gasteiger partial charge in [-0.2, -0.15) is 0 Å². The molecule has 0 amide bonds. The predicted molar refractivity (Wildman–Crippen MR) is 95.2 cm³/mol. The standard InChI is InChI=1S/C18H14ClFN4O/c19-11-3-1-10(2-4-11)8-24-9-15(25)16(17(24)21)18-22-13-6-5-12(20)7-14(13)23-18/h1-7,21,25H,8-9H2,(H,22,23). The highest BCUT2D eigenvalue weighted by Gasteiger charge is 2.30. The molecule has 0 aliphatic carbocycles. The molecule has 2 aromatic carbocycles. The average molecular weight is 357 g/mol. The minimum Gasteiger partial charge on any atom is -0.510 e. The number of nitrogens with zero attached hydrogens (tertiary/aromatic N) is 2. The van der Waals surface area contributed by atoms with Crippen LogP contribution in [-0.4, -0.2) is 32.4 Å². The summed E-state index contributed by atoms with van der Waals surface area (Å²) in [6.07, 6.45) is 0. The zero-order valence-corrected chi connectivity index (χ0v) is 13.8. The highest BCUT2D eigenvalue weighted by Crippen LogP contribution is 2.28. The van der Waals surface area contributed by atoms with Crippen LogP contribution in [-0.2, 0) is 6.54 Å². The molecule has 7 heteroatoms. The van der Waals surface area contributed by atoms with Crippen LogP contribution in [0.3, 0.4) is 0 Å². The molecule has 2 heterocycles. The lowest BCUT2D eigenvalue weighted by molar-refractivity contribution is 0.347. The maximum absolute atomic E-state index is 13.3. The van der Waals surface area contributed by atoms with Crippen molar-refractivity contribution in [1.82, 2.24) is 14.9 Å². The number of fused-ring (bicyclic) bond motifs is 1. The van der Waals surface area contributed by atoms with Crippen LogP contribution in [0.25, 0.3) is 16.6 Å². The Morgan fingerprint density at radius 2 is 2.00 bits per heavy atom. The van der Waals surface area contributed by atoms with Gasteiger partial charge in [0, 0.05) is 11.6 Å². The van der Waals surface area contributed by atoms with E-state index in [1.165, 1.54) is 12.1 Å². The van der Waals surface area contributed by atoms with Crippen LogP contribution in [0.1, 0.15) is 11.4 Å². The normalized spacial score (nSPS) is 14.8. The van der Waals surface area contributed by atoms with Crippen LogP contribution < -0.4 is 0 Å². The molecule has 4 rings (SSSR count). The molecule has 0 fully saturated rings. The van der Waals surface area contributed by atoms with Gasteiger partial charge in [-0.1, -0.05) is 23.7 Å². The van der Waals surface area contributed by atoms with E-state index < -0.39 is 0 Å². The van der Waals surface area contributed by atoms with E-state index >= 15 is 0 Å². The molecule has 5 nitrogen and oxygen atoms in total. The number of aliphatic hydroxyl groups is 1. The number of aromatic amines is 1. The highest BCUT2D eigenvalue weighted by atomic mass is 35.5. The lowest BCUT2D eigenvalue weighted by Crippen LogP contribution is -2.26. The van der Waals surface area contributed by atoms with Crippen molar-refractivity contribution in [2.45, 2.75) is 6.54 Å². The van der Waals surface area contributed by atoms with Crippen molar-refractivity contribution in [1.29, 1.82) is 5.41 Å². The van der Waals surface area contributed by atoms with Gasteiger partial charge in [-0.05, 0) is 35.9 Å². The third-order valence-electron chi connectivity index (χ3n) is 4.15. The van der Waals surface area contributed by atoms with Crippen LogP contribution in [0.15, 0.2) is 48.2 Å². The molecule has 1 aliphatic heterocycles. The summed E-state index contributed by atoms with van der Waals surface area (Å²) >= 11 is 5.89. The molecular formula is C18H14ClFN4O. The molecule has 25 heavy (non-hydrogen) atoms. The topological polar surface area (TPSA) is 76.0 Å². The number of halogens is 2. The summed E-state index contributed by atoms with van der Waals surface area (Å²) in [5, 5.41) is 19.4. The molecule has 0 atom stereocenters. The Kier molecular flexibility index (Phi) is 3.69. The molecular weight excluding hydrogens is 343 g/mol. The number of benzene rings is 2. The van der Waals surface area contributed by atoms with Crippen molar-refractivity contribution < 1.29 is 9.50 Å². The number of aliphatic hydroxyl groups excluding tert-OH is 1. The summed E-state index contributed by atoms with van der Waals surface area (Å²) in [5.41, 5.74) is 2.43. The lowest BCUT2D eigenvalue weighted by atomic mass is 10.2. The summed E-state index contributed by atoms with van der Waals surface area (Å²) < 4.78 is 13.3. The zero-order chi connectivity index (χ0) is 17.6. The van der Waals surface area contributed by atoms with Gasteiger partial charge in [0.05, 0.1) is 23.2 Å². The smallest absolute Gasteiger partial charge is 0.145 e. The minimum absolute atomic E-state index is 0.0680. The maximum atomic E-state index is 13.3. The summed E-state index contributed by atoms with van der Waals surface area (Å²) in [5.74, 6) is 0.235. The molecule has 0 radical (unpaired) electrons. The summed E-state index contributed by atoms with van der Waals surface area (Å²) in [4.78, 5) is 9.08. The van der Waals surface area contributed by atoms with Gasteiger partial charge in [-0.3, -0.25) is 5.41 Å². The first-order chi connectivity index (χ1) is 12.0. The second-order valence-electron chi connectivity index (χ2n) is 5.90. The predicted octanol–water partition coefficient (Wildman–Crippen LogP) is 4.12. The van der Waals surface area contributed by atoms with Gasteiger partial charge < -0.3 is 15.0 Å². The van der Waals surface area contributed by atoms with Crippen LogP contribution in [0, 0.1) is 11.2 Å². The maximum Gasteiger partial charge on any atom is 0.145 e. The van der Waals surface area contributed by atoms with Crippen molar-refractivity contribution in [3.8, 4) is 0 Å². The van der Waals surface area contributed by atoms with Crippen molar-refractivity contribution in [3.05, 3.63) is 70.5 Å². The van der Waals surface area contributed by atoms with E-state index in [2.05, 4.69) is 9.97 Å². The second kappa shape index (κ2) is 5.89. The van der Waals surface area contributed by atoms with Crippen LogP contribution >= 0.6 is 11.6 Å². The molecule has 0 spiro atoms. The summed E-state index contributed by atoms with van der Waals surface area (Å²) in [6.45, 7) is 0.695. The Bertz CT molecular complexity index is 1010. The van der Waals surface area contributed by atoms with E-state index in [1.54, 1.807) is 23.1 Å². The summed E-state index contributed by atoms with van der Waals surface area (Å²) in [7, 11) is 0. The van der Waals surface area contributed by atoms with Crippen LogP contribution in [0.5, 0.6) is 0 Å². The lowest BCUT2D eigenvalue weighted by Gasteiger charge is -2.18. The first-order valence-corrected chi connectivity index (χ1v) is 8.05. The number of hydrogen-bond acceptors (Lipinski definition) is 3. The monoisotopic (exact) mass is 356 g/mol. The molecule has 0 unspecified atom stereocenters. The number of H-pyrrole nitrogens is 1. The minimum atomic E-state index is -0.369. The largest absolute Gasteiger partial charge is 0.510 e. The number of imidazole rings is 1. The van der Waals surface area contributed by atoms with E-state index in [0.717, 1.165) is 5.56 Å². The molecule has 0 saturated carbocycles. The SMILES string of the molecule is N=C1C(c2nc3ccc(F)cc3[nH]2)=C(O)CN1Cc1ccc(Cl)cc1. The zero-order valence-electron chi connectivity index (χ0n) is 13.1.